The highest BCUT2D eigenvalue weighted by molar-refractivity contribution is 9.10. The van der Waals surface area contributed by atoms with E-state index in [1.54, 1.807) is 18.5 Å². The second kappa shape index (κ2) is 4.11. The first kappa shape index (κ1) is 10.9. The molecule has 2 aromatic heterocycles. The fourth-order valence-corrected chi connectivity index (χ4v) is 2.04. The minimum Gasteiger partial charge on any atom is -0.381 e. The van der Waals surface area contributed by atoms with E-state index in [-0.39, 0.29) is 0 Å². The van der Waals surface area contributed by atoms with Gasteiger partial charge in [0.2, 0.25) is 0 Å². The van der Waals surface area contributed by atoms with E-state index in [1.807, 2.05) is 0 Å². The molecule has 0 amide bonds. The van der Waals surface area contributed by atoms with Crippen LogP contribution in [0.1, 0.15) is 0 Å². The summed E-state index contributed by atoms with van der Waals surface area (Å²) in [6.45, 7) is 0. The summed E-state index contributed by atoms with van der Waals surface area (Å²) in [5.74, 6) is 0.938. The van der Waals surface area contributed by atoms with E-state index in [1.165, 1.54) is 4.68 Å². The van der Waals surface area contributed by atoms with Gasteiger partial charge >= 0.3 is 0 Å². The Balaban J connectivity index is 2.54. The molecule has 0 aliphatic carbocycles. The zero-order valence-electron chi connectivity index (χ0n) is 7.28. The Bertz CT molecular complexity index is 492. The summed E-state index contributed by atoms with van der Waals surface area (Å²) >= 11 is 12.6. The Morgan fingerprint density at radius 2 is 2.13 bits per heavy atom. The molecule has 2 N–H and O–H groups in total. The van der Waals surface area contributed by atoms with Gasteiger partial charge in [-0.25, -0.2) is 9.67 Å². The number of nitrogens with zero attached hydrogens (tertiary/aromatic N) is 3. The molecular weight excluding hydrogens is 347 g/mol. The van der Waals surface area contributed by atoms with Crippen LogP contribution in [0, 0.1) is 0 Å². The van der Waals surface area contributed by atoms with E-state index < -0.39 is 0 Å². The molecule has 0 bridgehead atoms. The maximum absolute atomic E-state index is 6.02. The Morgan fingerprint density at radius 3 is 2.67 bits per heavy atom. The molecule has 0 saturated carbocycles. The number of anilines is 1. The largest absolute Gasteiger partial charge is 0.381 e. The van der Waals surface area contributed by atoms with Crippen molar-refractivity contribution in [3.05, 3.63) is 32.4 Å². The van der Waals surface area contributed by atoms with Crippen LogP contribution < -0.4 is 5.73 Å². The van der Waals surface area contributed by atoms with Crippen molar-refractivity contribution in [2.75, 3.05) is 5.73 Å². The van der Waals surface area contributed by atoms with Gasteiger partial charge in [0.05, 0.1) is 9.50 Å². The first-order chi connectivity index (χ1) is 7.08. The summed E-state index contributed by atoms with van der Waals surface area (Å²) < 4.78 is 3.05. The van der Waals surface area contributed by atoms with Crippen molar-refractivity contribution in [2.45, 2.75) is 0 Å². The average molecular weight is 352 g/mol. The van der Waals surface area contributed by atoms with E-state index in [9.17, 15) is 0 Å². The van der Waals surface area contributed by atoms with Gasteiger partial charge in [0.25, 0.3) is 0 Å². The van der Waals surface area contributed by atoms with Crippen molar-refractivity contribution >= 4 is 49.3 Å². The van der Waals surface area contributed by atoms with Crippen LogP contribution in [0.15, 0.2) is 27.4 Å². The summed E-state index contributed by atoms with van der Waals surface area (Å²) in [5.41, 5.74) is 5.60. The molecule has 0 aliphatic rings. The molecule has 0 spiro atoms. The standard InChI is InChI=1S/C8H5Br2ClN4/c9-4-1-6(11)8(13-2-4)15-3-5(10)7(12)14-15/h1-3H,(H2,12,14). The summed E-state index contributed by atoms with van der Waals surface area (Å²) in [4.78, 5) is 4.15. The van der Waals surface area contributed by atoms with Gasteiger partial charge in [0, 0.05) is 16.9 Å². The molecule has 7 heteroatoms. The molecule has 78 valence electrons. The van der Waals surface area contributed by atoms with Crippen LogP contribution in [0.3, 0.4) is 0 Å². The highest BCUT2D eigenvalue weighted by Gasteiger charge is 2.09. The van der Waals surface area contributed by atoms with E-state index in [4.69, 9.17) is 17.3 Å². The van der Waals surface area contributed by atoms with Gasteiger partial charge in [-0.1, -0.05) is 11.6 Å². The second-order valence-corrected chi connectivity index (χ2v) is 4.94. The summed E-state index contributed by atoms with van der Waals surface area (Å²) in [7, 11) is 0. The maximum Gasteiger partial charge on any atom is 0.172 e. The van der Waals surface area contributed by atoms with Crippen LogP contribution in [0.4, 0.5) is 5.82 Å². The molecule has 2 heterocycles. The number of pyridine rings is 1. The van der Waals surface area contributed by atoms with Crippen LogP contribution in [-0.4, -0.2) is 14.8 Å². The van der Waals surface area contributed by atoms with E-state index in [2.05, 4.69) is 41.9 Å². The molecule has 0 saturated heterocycles. The third kappa shape index (κ3) is 2.16. The zero-order chi connectivity index (χ0) is 11.0. The number of halogens is 3. The Kier molecular flexibility index (Phi) is 2.99. The maximum atomic E-state index is 6.02. The lowest BCUT2D eigenvalue weighted by molar-refractivity contribution is 0.851. The third-order valence-electron chi connectivity index (χ3n) is 1.70. The highest BCUT2D eigenvalue weighted by Crippen LogP contribution is 2.24. The molecular formula is C8H5Br2ClN4. The van der Waals surface area contributed by atoms with Gasteiger partial charge in [-0.2, -0.15) is 0 Å². The van der Waals surface area contributed by atoms with Gasteiger partial charge in [-0.3, -0.25) is 0 Å². The van der Waals surface area contributed by atoms with Crippen LogP contribution >= 0.6 is 43.5 Å². The molecule has 4 nitrogen and oxygen atoms in total. The number of hydrogen-bond acceptors (Lipinski definition) is 3. The molecule has 0 atom stereocenters. The number of nitrogen functional groups attached to an aromatic ring is 1. The lowest BCUT2D eigenvalue weighted by atomic mass is 10.4. The predicted octanol–water partition coefficient (Wildman–Crippen LogP) is 3.03. The fraction of sp³-hybridized carbons (Fsp3) is 0. The van der Waals surface area contributed by atoms with Crippen molar-refractivity contribution in [3.8, 4) is 5.82 Å². The third-order valence-corrected chi connectivity index (χ3v) is 3.02. The molecule has 0 unspecified atom stereocenters. The molecule has 0 fully saturated rings. The minimum atomic E-state index is 0.399. The molecule has 0 aromatic carbocycles. The van der Waals surface area contributed by atoms with Gasteiger partial charge in [-0.15, -0.1) is 5.10 Å². The van der Waals surface area contributed by atoms with E-state index in [0.29, 0.717) is 21.1 Å². The molecule has 2 aromatic rings. The Morgan fingerprint density at radius 1 is 1.40 bits per heavy atom. The summed E-state index contributed by atoms with van der Waals surface area (Å²) in [6.07, 6.45) is 3.35. The first-order valence-corrected chi connectivity index (χ1v) is 5.86. The van der Waals surface area contributed by atoms with Crippen molar-refractivity contribution in [1.29, 1.82) is 0 Å². The highest BCUT2D eigenvalue weighted by atomic mass is 79.9. The van der Waals surface area contributed by atoms with Crippen LogP contribution in [0.25, 0.3) is 5.82 Å². The smallest absolute Gasteiger partial charge is 0.172 e. The average Bonchev–Trinajstić information content (AvgIpc) is 2.46. The lowest BCUT2D eigenvalue weighted by Crippen LogP contribution is -1.99. The van der Waals surface area contributed by atoms with E-state index in [0.717, 1.165) is 4.47 Å². The van der Waals surface area contributed by atoms with E-state index >= 15 is 0 Å². The van der Waals surface area contributed by atoms with Crippen molar-refractivity contribution in [3.63, 3.8) is 0 Å². The van der Waals surface area contributed by atoms with Crippen LogP contribution in [-0.2, 0) is 0 Å². The lowest BCUT2D eigenvalue weighted by Gasteiger charge is -2.02. The zero-order valence-corrected chi connectivity index (χ0v) is 11.2. The van der Waals surface area contributed by atoms with Gasteiger partial charge in [0.1, 0.15) is 0 Å². The topological polar surface area (TPSA) is 56.7 Å². The summed E-state index contributed by atoms with van der Waals surface area (Å²) in [5, 5.41) is 4.56. The molecule has 0 radical (unpaired) electrons. The fourth-order valence-electron chi connectivity index (χ4n) is 1.05. The number of hydrogen-bond donors (Lipinski definition) is 1. The number of aromatic nitrogens is 3. The monoisotopic (exact) mass is 350 g/mol. The van der Waals surface area contributed by atoms with Crippen LogP contribution in [0.5, 0.6) is 0 Å². The quantitative estimate of drug-likeness (QED) is 0.858. The van der Waals surface area contributed by atoms with Crippen LogP contribution in [0.2, 0.25) is 5.02 Å². The Hall–Kier alpha value is -0.590. The molecule has 2 rings (SSSR count). The normalized spacial score (nSPS) is 10.6. The number of rotatable bonds is 1. The molecule has 0 aliphatic heterocycles. The van der Waals surface area contributed by atoms with Crippen molar-refractivity contribution in [2.24, 2.45) is 0 Å². The molecule has 15 heavy (non-hydrogen) atoms. The predicted molar refractivity (Wildman–Crippen MR) is 66.2 cm³/mol. The van der Waals surface area contributed by atoms with Crippen molar-refractivity contribution in [1.82, 2.24) is 14.8 Å². The number of nitrogens with two attached hydrogens (primary N) is 1. The Labute approximate surface area is 108 Å². The van der Waals surface area contributed by atoms with Crippen molar-refractivity contribution < 1.29 is 0 Å². The minimum absolute atomic E-state index is 0.399. The summed E-state index contributed by atoms with van der Waals surface area (Å²) in [6, 6.07) is 1.75. The SMILES string of the molecule is Nc1nn(-c2ncc(Br)cc2Cl)cc1Br. The van der Waals surface area contributed by atoms with Gasteiger partial charge < -0.3 is 5.73 Å². The van der Waals surface area contributed by atoms with Gasteiger partial charge in [-0.05, 0) is 37.9 Å². The second-order valence-electron chi connectivity index (χ2n) is 2.77. The first-order valence-electron chi connectivity index (χ1n) is 3.90. The van der Waals surface area contributed by atoms with Gasteiger partial charge in [0.15, 0.2) is 11.6 Å².